The first kappa shape index (κ1) is 25.0. The number of fused-ring (bicyclic) bond motifs is 4. The van der Waals surface area contributed by atoms with Crippen LogP contribution in [0.25, 0.3) is 21.9 Å². The Labute approximate surface area is 231 Å². The predicted octanol–water partition coefficient (Wildman–Crippen LogP) is 3.09. The van der Waals surface area contributed by atoms with E-state index in [9.17, 15) is 14.4 Å². The summed E-state index contributed by atoms with van der Waals surface area (Å²) in [5.41, 5.74) is 8.03. The van der Waals surface area contributed by atoms with Crippen LogP contribution in [0, 0.1) is 5.92 Å². The zero-order valence-electron chi connectivity index (χ0n) is 21.0. The Morgan fingerprint density at radius 1 is 1.13 bits per heavy atom. The number of amides is 4. The van der Waals surface area contributed by atoms with Gasteiger partial charge in [0.15, 0.2) is 0 Å². The summed E-state index contributed by atoms with van der Waals surface area (Å²) in [5, 5.41) is 9.46. The smallest absolute Gasteiger partial charge is 0.318 e. The molecule has 0 spiro atoms. The second-order valence-corrected chi connectivity index (χ2v) is 10.6. The number of benzene rings is 1. The SMILES string of the molecule is CNC(=O)Nc1ccc2c(c1)c1c(N)ncnc1n2CC(=O)N1[C@@H]2CC[C@@H]2C[C@H]1C(=O)Nc1cccc(Br)n1. The lowest BCUT2D eigenvalue weighted by Crippen LogP contribution is -2.50. The second kappa shape index (κ2) is 9.80. The molecule has 1 saturated heterocycles. The van der Waals surface area contributed by atoms with Crippen molar-refractivity contribution in [3.8, 4) is 0 Å². The van der Waals surface area contributed by atoms with Gasteiger partial charge in [0, 0.05) is 24.2 Å². The molecule has 39 heavy (non-hydrogen) atoms. The van der Waals surface area contributed by atoms with Gasteiger partial charge in [-0.1, -0.05) is 6.07 Å². The van der Waals surface area contributed by atoms with Crippen molar-refractivity contribution < 1.29 is 14.4 Å². The number of hydrogen-bond donors (Lipinski definition) is 4. The molecule has 12 nitrogen and oxygen atoms in total. The minimum absolute atomic E-state index is 0.0270. The molecule has 1 aromatic carbocycles. The van der Waals surface area contributed by atoms with E-state index in [1.54, 1.807) is 39.8 Å². The van der Waals surface area contributed by atoms with E-state index in [-0.39, 0.29) is 36.2 Å². The molecule has 13 heteroatoms. The van der Waals surface area contributed by atoms with Crippen LogP contribution >= 0.6 is 15.9 Å². The summed E-state index contributed by atoms with van der Waals surface area (Å²) < 4.78 is 2.41. The van der Waals surface area contributed by atoms with E-state index in [4.69, 9.17) is 5.73 Å². The molecule has 1 aliphatic carbocycles. The van der Waals surface area contributed by atoms with Crippen LogP contribution in [0.2, 0.25) is 0 Å². The van der Waals surface area contributed by atoms with Crippen LogP contribution in [-0.4, -0.2) is 61.4 Å². The number of hydrogen-bond acceptors (Lipinski definition) is 7. The molecule has 1 aliphatic heterocycles. The predicted molar refractivity (Wildman–Crippen MR) is 150 cm³/mol. The highest BCUT2D eigenvalue weighted by Gasteiger charge is 2.51. The highest BCUT2D eigenvalue weighted by molar-refractivity contribution is 9.10. The lowest BCUT2D eigenvalue weighted by Gasteiger charge is -2.37. The molecule has 2 fully saturated rings. The zero-order valence-corrected chi connectivity index (χ0v) is 22.6. The maximum Gasteiger partial charge on any atom is 0.318 e. The van der Waals surface area contributed by atoms with Crippen molar-refractivity contribution in [1.82, 2.24) is 29.7 Å². The van der Waals surface area contributed by atoms with E-state index in [1.807, 2.05) is 6.07 Å². The number of nitrogen functional groups attached to an aromatic ring is 1. The van der Waals surface area contributed by atoms with Crippen molar-refractivity contribution in [2.24, 2.45) is 5.92 Å². The van der Waals surface area contributed by atoms with Gasteiger partial charge in [-0.2, -0.15) is 0 Å². The fourth-order valence-electron chi connectivity index (χ4n) is 5.69. The molecular weight excluding hydrogens is 566 g/mol. The van der Waals surface area contributed by atoms with E-state index in [0.29, 0.717) is 44.9 Å². The van der Waals surface area contributed by atoms with Crippen molar-refractivity contribution in [3.05, 3.63) is 47.3 Å². The number of anilines is 3. The first-order valence-corrected chi connectivity index (χ1v) is 13.4. The van der Waals surface area contributed by atoms with Crippen LogP contribution < -0.4 is 21.7 Å². The van der Waals surface area contributed by atoms with Gasteiger partial charge in [-0.25, -0.2) is 19.7 Å². The Bertz CT molecular complexity index is 1640. The number of carbonyl (C=O) groups excluding carboxylic acids is 3. The van der Waals surface area contributed by atoms with E-state index >= 15 is 0 Å². The zero-order chi connectivity index (χ0) is 27.3. The van der Waals surface area contributed by atoms with Gasteiger partial charge in [-0.05, 0) is 71.4 Å². The van der Waals surface area contributed by atoms with Crippen LogP contribution in [-0.2, 0) is 16.1 Å². The molecular formula is C26H26BrN9O3. The molecule has 0 radical (unpaired) electrons. The molecule has 200 valence electrons. The molecule has 6 rings (SSSR count). The normalized spacial score (nSPS) is 19.9. The number of carbonyl (C=O) groups is 3. The summed E-state index contributed by atoms with van der Waals surface area (Å²) in [5.74, 6) is 0.578. The third-order valence-corrected chi connectivity index (χ3v) is 8.04. The largest absolute Gasteiger partial charge is 0.383 e. The third-order valence-electron chi connectivity index (χ3n) is 7.60. The van der Waals surface area contributed by atoms with Gasteiger partial charge in [0.25, 0.3) is 0 Å². The Morgan fingerprint density at radius 3 is 2.72 bits per heavy atom. The fourth-order valence-corrected chi connectivity index (χ4v) is 6.03. The Kier molecular flexibility index (Phi) is 6.29. The molecule has 0 bridgehead atoms. The van der Waals surface area contributed by atoms with Gasteiger partial charge in [0.2, 0.25) is 11.8 Å². The summed E-state index contributed by atoms with van der Waals surface area (Å²) in [6, 6.07) is 9.71. The summed E-state index contributed by atoms with van der Waals surface area (Å²) in [7, 11) is 1.53. The molecule has 3 aromatic heterocycles. The number of nitrogens with two attached hydrogens (primary N) is 1. The number of halogens is 1. The van der Waals surface area contributed by atoms with E-state index in [0.717, 1.165) is 18.4 Å². The summed E-state index contributed by atoms with van der Waals surface area (Å²) in [6.07, 6.45) is 3.84. The summed E-state index contributed by atoms with van der Waals surface area (Å²) in [4.78, 5) is 53.7. The van der Waals surface area contributed by atoms with Crippen LogP contribution in [0.15, 0.2) is 47.3 Å². The van der Waals surface area contributed by atoms with Crippen LogP contribution in [0.3, 0.4) is 0 Å². The molecule has 0 unspecified atom stereocenters. The molecule has 3 atom stereocenters. The van der Waals surface area contributed by atoms with Crippen molar-refractivity contribution >= 4 is 73.0 Å². The lowest BCUT2D eigenvalue weighted by molar-refractivity contribution is -0.140. The highest BCUT2D eigenvalue weighted by Crippen LogP contribution is 2.44. The quantitative estimate of drug-likeness (QED) is 0.259. The number of aromatic nitrogens is 4. The lowest BCUT2D eigenvalue weighted by atomic mass is 9.80. The number of urea groups is 1. The van der Waals surface area contributed by atoms with Crippen molar-refractivity contribution in [3.63, 3.8) is 0 Å². The highest BCUT2D eigenvalue weighted by atomic mass is 79.9. The van der Waals surface area contributed by atoms with Gasteiger partial charge < -0.3 is 31.2 Å². The second-order valence-electron chi connectivity index (χ2n) is 9.77. The van der Waals surface area contributed by atoms with Gasteiger partial charge in [-0.15, -0.1) is 0 Å². The van der Waals surface area contributed by atoms with E-state index in [2.05, 4.69) is 46.8 Å². The average molecular weight is 592 g/mol. The molecule has 4 heterocycles. The molecule has 4 aromatic rings. The summed E-state index contributed by atoms with van der Waals surface area (Å²) >= 11 is 3.32. The standard InChI is InChI=1S/C26H26BrN9O3/c1-29-26(39)32-14-6-8-17-15(10-14)22-23(28)30-12-31-24(22)35(17)11-21(37)36-16-7-5-13(16)9-18(36)25(38)34-20-4-2-3-19(27)33-20/h2-4,6,8,10,12-13,16,18H,5,7,9,11H2,1H3,(H2,28,30,31)(H2,29,32,39)(H,33,34,38)/t13-,16-,18+/m1/s1. The van der Waals surface area contributed by atoms with Gasteiger partial charge in [-0.3, -0.25) is 9.59 Å². The monoisotopic (exact) mass is 591 g/mol. The Morgan fingerprint density at radius 2 is 1.97 bits per heavy atom. The van der Waals surface area contributed by atoms with Crippen LogP contribution in [0.5, 0.6) is 0 Å². The van der Waals surface area contributed by atoms with Gasteiger partial charge >= 0.3 is 6.03 Å². The first-order valence-electron chi connectivity index (χ1n) is 12.6. The maximum absolute atomic E-state index is 13.9. The average Bonchev–Trinajstić information content (AvgIpc) is 3.35. The summed E-state index contributed by atoms with van der Waals surface area (Å²) in [6.45, 7) is -0.0270. The first-order chi connectivity index (χ1) is 18.8. The van der Waals surface area contributed by atoms with E-state index in [1.165, 1.54) is 13.4 Å². The molecule has 2 aliphatic rings. The van der Waals surface area contributed by atoms with Crippen LogP contribution in [0.4, 0.5) is 22.1 Å². The van der Waals surface area contributed by atoms with Gasteiger partial charge in [0.1, 0.15) is 40.8 Å². The molecule has 5 N–H and O–H groups in total. The van der Waals surface area contributed by atoms with Gasteiger partial charge in [0.05, 0.1) is 10.9 Å². The minimum atomic E-state index is -0.591. The molecule has 1 saturated carbocycles. The Hall–Kier alpha value is -4.26. The number of likely N-dealkylation sites (tertiary alicyclic amines) is 1. The number of nitrogens with zero attached hydrogens (tertiary/aromatic N) is 5. The topological polar surface area (TPSA) is 160 Å². The minimum Gasteiger partial charge on any atom is -0.383 e. The number of pyridine rings is 1. The van der Waals surface area contributed by atoms with E-state index < -0.39 is 6.04 Å². The third kappa shape index (κ3) is 4.42. The number of nitrogens with one attached hydrogen (secondary N) is 3. The van der Waals surface area contributed by atoms with Crippen molar-refractivity contribution in [2.75, 3.05) is 23.4 Å². The Balaban J connectivity index is 1.33. The maximum atomic E-state index is 13.9. The number of rotatable bonds is 5. The van der Waals surface area contributed by atoms with Crippen molar-refractivity contribution in [2.45, 2.75) is 37.9 Å². The molecule has 4 amide bonds. The van der Waals surface area contributed by atoms with Crippen LogP contribution in [0.1, 0.15) is 19.3 Å². The fraction of sp³-hybridized carbons (Fsp3) is 0.308. The van der Waals surface area contributed by atoms with Crippen molar-refractivity contribution in [1.29, 1.82) is 0 Å².